The van der Waals surface area contributed by atoms with Gasteiger partial charge in [-0.1, -0.05) is 12.1 Å². The summed E-state index contributed by atoms with van der Waals surface area (Å²) in [6.45, 7) is 3.36. The number of alkyl halides is 3. The summed E-state index contributed by atoms with van der Waals surface area (Å²) < 4.78 is 44.1. The Morgan fingerprint density at radius 1 is 1.15 bits per heavy atom. The van der Waals surface area contributed by atoms with Gasteiger partial charge in [0.25, 0.3) is 0 Å². The van der Waals surface area contributed by atoms with Crippen LogP contribution in [0, 0.1) is 24.2 Å². The summed E-state index contributed by atoms with van der Waals surface area (Å²) in [4.78, 5) is 31.7. The van der Waals surface area contributed by atoms with Crippen molar-refractivity contribution in [3.8, 4) is 28.8 Å². The third-order valence-corrected chi connectivity index (χ3v) is 6.94. The van der Waals surface area contributed by atoms with Crippen molar-refractivity contribution in [3.05, 3.63) is 100 Å². The van der Waals surface area contributed by atoms with Gasteiger partial charge in [-0.15, -0.1) is 0 Å². The molecule has 1 aliphatic rings. The molecule has 0 bridgehead atoms. The van der Waals surface area contributed by atoms with Gasteiger partial charge in [0.2, 0.25) is 0 Å². The molecule has 3 heterocycles. The van der Waals surface area contributed by atoms with E-state index in [1.54, 1.807) is 56.6 Å². The largest absolute Gasteiger partial charge is 0.416 e. The molecule has 5 rings (SSSR count). The van der Waals surface area contributed by atoms with Crippen LogP contribution >= 0.6 is 0 Å². The highest BCUT2D eigenvalue weighted by atomic mass is 19.4. The second-order valence-electron chi connectivity index (χ2n) is 9.53. The highest BCUT2D eigenvalue weighted by molar-refractivity contribution is 5.83. The van der Waals surface area contributed by atoms with Crippen molar-refractivity contribution in [3.63, 3.8) is 0 Å². The SMILES string of the molecule is Cc1c(-c2ccnn2-c2ccc(C#N)cc2)n(C(=O)N[C@H](C)C2C=CN=CC2)c(=O)n1-c1cccc(C(F)(F)F)c1. The predicted octanol–water partition coefficient (Wildman–Crippen LogP) is 5.24. The molecule has 2 aromatic heterocycles. The summed E-state index contributed by atoms with van der Waals surface area (Å²) in [6.07, 6.45) is 2.67. The van der Waals surface area contributed by atoms with Crippen molar-refractivity contribution < 1.29 is 18.0 Å². The molecule has 2 aromatic carbocycles. The summed E-state index contributed by atoms with van der Waals surface area (Å²) in [7, 11) is 0. The number of amides is 1. The van der Waals surface area contributed by atoms with Gasteiger partial charge in [-0.3, -0.25) is 9.56 Å². The van der Waals surface area contributed by atoms with Gasteiger partial charge in [0, 0.05) is 24.4 Å². The zero-order valence-corrected chi connectivity index (χ0v) is 22.0. The highest BCUT2D eigenvalue weighted by Crippen LogP contribution is 2.32. The molecule has 41 heavy (non-hydrogen) atoms. The quantitative estimate of drug-likeness (QED) is 0.361. The van der Waals surface area contributed by atoms with Crippen LogP contribution in [-0.2, 0) is 6.18 Å². The number of aliphatic imine (C=N–C) groups is 1. The number of aromatic nitrogens is 4. The van der Waals surface area contributed by atoms with Crippen LogP contribution < -0.4 is 11.0 Å². The maximum Gasteiger partial charge on any atom is 0.416 e. The van der Waals surface area contributed by atoms with E-state index in [4.69, 9.17) is 5.26 Å². The van der Waals surface area contributed by atoms with Crippen molar-refractivity contribution in [2.45, 2.75) is 32.5 Å². The molecule has 2 atom stereocenters. The van der Waals surface area contributed by atoms with E-state index < -0.39 is 23.5 Å². The maximum absolute atomic E-state index is 13.9. The lowest BCUT2D eigenvalue weighted by atomic mass is 9.97. The van der Waals surface area contributed by atoms with E-state index in [2.05, 4.69) is 15.4 Å². The van der Waals surface area contributed by atoms with Crippen LogP contribution in [0.3, 0.4) is 0 Å². The van der Waals surface area contributed by atoms with Crippen LogP contribution in [0.4, 0.5) is 18.0 Å². The molecule has 1 unspecified atom stereocenters. The van der Waals surface area contributed by atoms with E-state index >= 15 is 0 Å². The van der Waals surface area contributed by atoms with Gasteiger partial charge < -0.3 is 5.32 Å². The first kappa shape index (κ1) is 27.4. The Morgan fingerprint density at radius 2 is 1.90 bits per heavy atom. The summed E-state index contributed by atoms with van der Waals surface area (Å²) in [5.74, 6) is -0.0635. The van der Waals surface area contributed by atoms with Gasteiger partial charge in [0.1, 0.15) is 5.69 Å². The molecule has 4 aromatic rings. The van der Waals surface area contributed by atoms with E-state index in [1.807, 2.05) is 12.1 Å². The molecule has 0 aliphatic carbocycles. The van der Waals surface area contributed by atoms with Crippen molar-refractivity contribution in [2.24, 2.45) is 10.9 Å². The minimum Gasteiger partial charge on any atom is -0.334 e. The molecule has 0 fully saturated rings. The van der Waals surface area contributed by atoms with Gasteiger partial charge in [0.05, 0.1) is 46.2 Å². The monoisotopic (exact) mass is 559 g/mol. The van der Waals surface area contributed by atoms with Crippen molar-refractivity contribution in [1.29, 1.82) is 5.26 Å². The van der Waals surface area contributed by atoms with Crippen molar-refractivity contribution >= 4 is 12.2 Å². The smallest absolute Gasteiger partial charge is 0.334 e. The van der Waals surface area contributed by atoms with Gasteiger partial charge in [-0.05, 0) is 68.8 Å². The molecule has 0 radical (unpaired) electrons. The normalized spacial score (nSPS) is 15.5. The number of nitriles is 1. The number of benzene rings is 2. The molecule has 1 amide bonds. The van der Waals surface area contributed by atoms with Gasteiger partial charge in [0.15, 0.2) is 0 Å². The van der Waals surface area contributed by atoms with Crippen molar-refractivity contribution in [2.75, 3.05) is 0 Å². The Hall–Kier alpha value is -5.18. The highest BCUT2D eigenvalue weighted by Gasteiger charge is 2.32. The molecule has 12 heteroatoms. The fraction of sp³-hybridized carbons (Fsp3) is 0.207. The number of nitrogens with zero attached hydrogens (tertiary/aromatic N) is 6. The molecular formula is C29H24F3N7O2. The predicted molar refractivity (Wildman–Crippen MR) is 146 cm³/mol. The number of halogens is 3. The number of imidazole rings is 1. The Kier molecular flexibility index (Phi) is 7.19. The number of hydrogen-bond donors (Lipinski definition) is 1. The number of rotatable bonds is 5. The molecule has 0 saturated heterocycles. The number of carbonyl (C=O) groups excluding carboxylic acids is 1. The molecule has 1 aliphatic heterocycles. The van der Waals surface area contributed by atoms with Crippen LogP contribution in [0.25, 0.3) is 22.8 Å². The third kappa shape index (κ3) is 5.21. The average Bonchev–Trinajstić information content (AvgIpc) is 3.54. The topological polar surface area (TPSA) is 110 Å². The standard InChI is InChI=1S/C29H24F3N7O2/c1-18(21-10-13-34-14-11-21)36-27(40)38-26(25-12-15-35-39(25)23-8-6-20(17-33)7-9-23)19(2)37(28(38)41)24-5-3-4-22(16-24)29(30,31)32/h3-10,12-16,18,21H,11H2,1-2H3,(H,36,40)/t18-,21?/m1/s1. The van der Waals surface area contributed by atoms with Crippen LogP contribution in [0.2, 0.25) is 0 Å². The minimum atomic E-state index is -4.63. The summed E-state index contributed by atoms with van der Waals surface area (Å²) in [5.41, 5.74) is -0.0913. The first-order valence-corrected chi connectivity index (χ1v) is 12.7. The second-order valence-corrected chi connectivity index (χ2v) is 9.53. The number of hydrogen-bond acceptors (Lipinski definition) is 5. The van der Waals surface area contributed by atoms with Gasteiger partial charge in [-0.25, -0.2) is 18.8 Å². The molecule has 208 valence electrons. The Bertz CT molecular complexity index is 1770. The zero-order chi connectivity index (χ0) is 29.3. The van der Waals surface area contributed by atoms with E-state index in [-0.39, 0.29) is 29.0 Å². The van der Waals surface area contributed by atoms with Crippen LogP contribution in [0.15, 0.2) is 82.9 Å². The third-order valence-electron chi connectivity index (χ3n) is 6.94. The van der Waals surface area contributed by atoms with Gasteiger partial charge in [-0.2, -0.15) is 23.5 Å². The molecular weight excluding hydrogens is 535 g/mol. The maximum atomic E-state index is 13.9. The Labute approximate surface area is 232 Å². The lowest BCUT2D eigenvalue weighted by Gasteiger charge is -2.22. The average molecular weight is 560 g/mol. The summed E-state index contributed by atoms with van der Waals surface area (Å²) in [5, 5.41) is 16.4. The fourth-order valence-corrected chi connectivity index (χ4v) is 4.81. The summed E-state index contributed by atoms with van der Waals surface area (Å²) >= 11 is 0. The Morgan fingerprint density at radius 3 is 2.56 bits per heavy atom. The van der Waals surface area contributed by atoms with E-state index in [0.29, 0.717) is 23.4 Å². The second kappa shape index (κ2) is 10.8. The van der Waals surface area contributed by atoms with Gasteiger partial charge >= 0.3 is 17.9 Å². The Balaban J connectivity index is 1.68. The van der Waals surface area contributed by atoms with E-state index in [9.17, 15) is 22.8 Å². The molecule has 1 N–H and O–H groups in total. The molecule has 0 spiro atoms. The van der Waals surface area contributed by atoms with Crippen LogP contribution in [-0.4, -0.2) is 37.2 Å². The minimum absolute atomic E-state index is 0.0426. The molecule has 0 saturated carbocycles. The number of carbonyl (C=O) groups is 1. The first-order valence-electron chi connectivity index (χ1n) is 12.7. The lowest BCUT2D eigenvalue weighted by molar-refractivity contribution is -0.137. The summed E-state index contributed by atoms with van der Waals surface area (Å²) in [6, 6.07) is 13.4. The first-order chi connectivity index (χ1) is 19.6. The fourth-order valence-electron chi connectivity index (χ4n) is 4.81. The van der Waals surface area contributed by atoms with Crippen LogP contribution in [0.5, 0.6) is 0 Å². The zero-order valence-electron chi connectivity index (χ0n) is 22.0. The lowest BCUT2D eigenvalue weighted by Crippen LogP contribution is -2.44. The molecule has 9 nitrogen and oxygen atoms in total. The van der Waals surface area contributed by atoms with E-state index in [1.165, 1.54) is 23.0 Å². The van der Waals surface area contributed by atoms with E-state index in [0.717, 1.165) is 21.3 Å². The van der Waals surface area contributed by atoms with Crippen molar-refractivity contribution in [1.82, 2.24) is 24.2 Å². The number of nitrogens with one attached hydrogen (secondary N) is 1. The van der Waals surface area contributed by atoms with Crippen LogP contribution in [0.1, 0.15) is 30.2 Å².